The standard InChI is InChI=1S/C16H15FN4OS/c1-23-16-19-14(11(9-18)15(22)20-16)10-4-5-13(12(17)8-10)21-6-2-3-7-21/h4-5,8H,2-3,6-7H2,1H3,(H,19,20,22). The topological polar surface area (TPSA) is 72.8 Å². The highest BCUT2D eigenvalue weighted by molar-refractivity contribution is 7.98. The number of aromatic amines is 1. The van der Waals surface area contributed by atoms with Gasteiger partial charge in [-0.3, -0.25) is 4.79 Å². The smallest absolute Gasteiger partial charge is 0.270 e. The first-order valence-electron chi connectivity index (χ1n) is 7.27. The Morgan fingerprint density at radius 1 is 1.39 bits per heavy atom. The van der Waals surface area contributed by atoms with Gasteiger partial charge >= 0.3 is 0 Å². The second-order valence-electron chi connectivity index (χ2n) is 5.27. The maximum atomic E-state index is 14.5. The van der Waals surface area contributed by atoms with Gasteiger partial charge in [0.25, 0.3) is 5.56 Å². The van der Waals surface area contributed by atoms with Gasteiger partial charge in [-0.05, 0) is 31.2 Å². The van der Waals surface area contributed by atoms with Crippen LogP contribution in [0.3, 0.4) is 0 Å². The molecule has 0 saturated carbocycles. The van der Waals surface area contributed by atoms with Gasteiger partial charge in [-0.25, -0.2) is 9.37 Å². The van der Waals surface area contributed by atoms with E-state index in [4.69, 9.17) is 0 Å². The monoisotopic (exact) mass is 330 g/mol. The normalized spacial score (nSPS) is 14.0. The highest BCUT2D eigenvalue weighted by Crippen LogP contribution is 2.29. The van der Waals surface area contributed by atoms with E-state index >= 15 is 0 Å². The molecule has 0 aliphatic carbocycles. The molecule has 0 amide bonds. The largest absolute Gasteiger partial charge is 0.369 e. The number of nitrogens with zero attached hydrogens (tertiary/aromatic N) is 3. The lowest BCUT2D eigenvalue weighted by Gasteiger charge is -2.18. The van der Waals surface area contributed by atoms with Gasteiger partial charge in [0, 0.05) is 18.7 Å². The summed E-state index contributed by atoms with van der Waals surface area (Å²) in [4.78, 5) is 20.7. The van der Waals surface area contributed by atoms with Gasteiger partial charge in [0.15, 0.2) is 5.16 Å². The van der Waals surface area contributed by atoms with Gasteiger partial charge in [0.05, 0.1) is 11.4 Å². The molecule has 0 unspecified atom stereocenters. The third-order valence-electron chi connectivity index (χ3n) is 3.87. The Hall–Kier alpha value is -2.33. The van der Waals surface area contributed by atoms with Crippen LogP contribution in [0.2, 0.25) is 0 Å². The zero-order valence-electron chi connectivity index (χ0n) is 12.6. The molecule has 0 atom stereocenters. The molecule has 118 valence electrons. The minimum Gasteiger partial charge on any atom is -0.369 e. The Balaban J connectivity index is 2.09. The Labute approximate surface area is 137 Å². The number of hydrogen-bond acceptors (Lipinski definition) is 5. The van der Waals surface area contributed by atoms with Crippen molar-refractivity contribution in [1.29, 1.82) is 5.26 Å². The second kappa shape index (κ2) is 6.42. The molecule has 2 heterocycles. The number of halogens is 1. The maximum absolute atomic E-state index is 14.5. The minimum atomic E-state index is -0.508. The molecule has 1 aromatic heterocycles. The van der Waals surface area contributed by atoms with E-state index in [0.717, 1.165) is 25.9 Å². The molecule has 1 N–H and O–H groups in total. The number of aromatic nitrogens is 2. The average Bonchev–Trinajstić information content (AvgIpc) is 3.08. The highest BCUT2D eigenvalue weighted by Gasteiger charge is 2.19. The predicted octanol–water partition coefficient (Wildman–Crippen LogP) is 2.77. The lowest BCUT2D eigenvalue weighted by Crippen LogP contribution is -2.19. The molecule has 3 rings (SSSR count). The number of anilines is 1. The third kappa shape index (κ3) is 2.94. The molecule has 1 aromatic carbocycles. The van der Waals surface area contributed by atoms with Crippen molar-refractivity contribution >= 4 is 17.4 Å². The molecule has 1 fully saturated rings. The van der Waals surface area contributed by atoms with Crippen molar-refractivity contribution < 1.29 is 4.39 Å². The fourth-order valence-electron chi connectivity index (χ4n) is 2.73. The van der Waals surface area contributed by atoms with Crippen molar-refractivity contribution in [1.82, 2.24) is 9.97 Å². The molecule has 1 aliphatic heterocycles. The molecule has 23 heavy (non-hydrogen) atoms. The maximum Gasteiger partial charge on any atom is 0.270 e. The lowest BCUT2D eigenvalue weighted by atomic mass is 10.1. The Morgan fingerprint density at radius 2 is 2.13 bits per heavy atom. The van der Waals surface area contributed by atoms with Crippen LogP contribution in [0.5, 0.6) is 0 Å². The molecule has 2 aromatic rings. The van der Waals surface area contributed by atoms with Gasteiger partial charge in [-0.2, -0.15) is 5.26 Å². The van der Waals surface area contributed by atoms with E-state index in [0.29, 0.717) is 16.4 Å². The molecule has 5 nitrogen and oxygen atoms in total. The fourth-order valence-corrected chi connectivity index (χ4v) is 3.11. The Morgan fingerprint density at radius 3 is 2.74 bits per heavy atom. The molecular weight excluding hydrogens is 315 g/mol. The summed E-state index contributed by atoms with van der Waals surface area (Å²) < 4.78 is 14.5. The number of H-pyrrole nitrogens is 1. The van der Waals surface area contributed by atoms with Crippen LogP contribution in [-0.4, -0.2) is 29.3 Å². The summed E-state index contributed by atoms with van der Waals surface area (Å²) in [5.41, 5.74) is 0.595. The number of thioether (sulfide) groups is 1. The van der Waals surface area contributed by atoms with Crippen LogP contribution in [-0.2, 0) is 0 Å². The van der Waals surface area contributed by atoms with E-state index in [1.165, 1.54) is 17.8 Å². The Kier molecular flexibility index (Phi) is 4.35. The molecule has 0 spiro atoms. The number of nitriles is 1. The van der Waals surface area contributed by atoms with Crippen molar-refractivity contribution in [3.8, 4) is 17.3 Å². The molecule has 1 saturated heterocycles. The molecule has 0 bridgehead atoms. The Bertz CT molecular complexity index is 837. The van der Waals surface area contributed by atoms with Crippen molar-refractivity contribution in [3.05, 3.63) is 39.9 Å². The summed E-state index contributed by atoms with van der Waals surface area (Å²) >= 11 is 1.26. The second-order valence-corrected chi connectivity index (χ2v) is 6.07. The molecular formula is C16H15FN4OS. The van der Waals surface area contributed by atoms with E-state index < -0.39 is 5.56 Å². The van der Waals surface area contributed by atoms with E-state index in [1.807, 2.05) is 11.0 Å². The number of nitrogens with one attached hydrogen (secondary N) is 1. The van der Waals surface area contributed by atoms with E-state index in [-0.39, 0.29) is 17.1 Å². The van der Waals surface area contributed by atoms with Gasteiger partial charge in [0.2, 0.25) is 0 Å². The summed E-state index contributed by atoms with van der Waals surface area (Å²) in [6, 6.07) is 6.61. The van der Waals surface area contributed by atoms with Crippen molar-refractivity contribution in [3.63, 3.8) is 0 Å². The SMILES string of the molecule is CSc1nc(-c2ccc(N3CCCC3)c(F)c2)c(C#N)c(=O)[nH]1. The van der Waals surface area contributed by atoms with Crippen LogP contribution in [0.25, 0.3) is 11.3 Å². The van der Waals surface area contributed by atoms with E-state index in [2.05, 4.69) is 9.97 Å². The van der Waals surface area contributed by atoms with Crippen LogP contribution in [0.15, 0.2) is 28.2 Å². The van der Waals surface area contributed by atoms with Gasteiger partial charge in [-0.15, -0.1) is 0 Å². The minimum absolute atomic E-state index is 0.101. The number of hydrogen-bond donors (Lipinski definition) is 1. The summed E-state index contributed by atoms with van der Waals surface area (Å²) in [6.07, 6.45) is 3.89. The van der Waals surface area contributed by atoms with Gasteiger partial charge < -0.3 is 9.88 Å². The van der Waals surface area contributed by atoms with Crippen LogP contribution in [0, 0.1) is 17.1 Å². The lowest BCUT2D eigenvalue weighted by molar-refractivity contribution is 0.623. The summed E-state index contributed by atoms with van der Waals surface area (Å²) in [5.74, 6) is -0.360. The van der Waals surface area contributed by atoms with Crippen molar-refractivity contribution in [2.45, 2.75) is 18.0 Å². The molecule has 1 aliphatic rings. The van der Waals surface area contributed by atoms with E-state index in [9.17, 15) is 14.4 Å². The first kappa shape index (κ1) is 15.6. The van der Waals surface area contributed by atoms with Gasteiger partial charge in [0.1, 0.15) is 17.4 Å². The number of rotatable bonds is 3. The van der Waals surface area contributed by atoms with Crippen molar-refractivity contribution in [2.75, 3.05) is 24.2 Å². The molecule has 7 heteroatoms. The summed E-state index contributed by atoms with van der Waals surface area (Å²) in [7, 11) is 0. The highest BCUT2D eigenvalue weighted by atomic mass is 32.2. The fraction of sp³-hybridized carbons (Fsp3) is 0.312. The molecule has 0 radical (unpaired) electrons. The zero-order chi connectivity index (χ0) is 16.4. The first-order valence-corrected chi connectivity index (χ1v) is 8.50. The van der Waals surface area contributed by atoms with E-state index in [1.54, 1.807) is 18.4 Å². The summed E-state index contributed by atoms with van der Waals surface area (Å²) in [6.45, 7) is 1.69. The van der Waals surface area contributed by atoms with Crippen LogP contribution >= 0.6 is 11.8 Å². The van der Waals surface area contributed by atoms with Crippen LogP contribution in [0.4, 0.5) is 10.1 Å². The predicted molar refractivity (Wildman–Crippen MR) is 88.2 cm³/mol. The quantitative estimate of drug-likeness (QED) is 0.692. The first-order chi connectivity index (χ1) is 11.1. The zero-order valence-corrected chi connectivity index (χ0v) is 13.4. The summed E-state index contributed by atoms with van der Waals surface area (Å²) in [5, 5.41) is 9.60. The number of benzene rings is 1. The third-order valence-corrected chi connectivity index (χ3v) is 4.45. The van der Waals surface area contributed by atoms with Crippen molar-refractivity contribution in [2.24, 2.45) is 0 Å². The van der Waals surface area contributed by atoms with Crippen LogP contribution in [0.1, 0.15) is 18.4 Å². The van der Waals surface area contributed by atoms with Crippen LogP contribution < -0.4 is 10.5 Å². The van der Waals surface area contributed by atoms with Gasteiger partial charge in [-0.1, -0.05) is 17.8 Å². The average molecular weight is 330 g/mol.